The van der Waals surface area contributed by atoms with Gasteiger partial charge in [0.15, 0.2) is 0 Å². The van der Waals surface area contributed by atoms with Crippen LogP contribution in [0.1, 0.15) is 45.9 Å². The molecule has 1 unspecified atom stereocenters. The van der Waals surface area contributed by atoms with E-state index in [-0.39, 0.29) is 17.5 Å². The molecule has 1 atom stereocenters. The molecule has 1 aromatic heterocycles. The summed E-state index contributed by atoms with van der Waals surface area (Å²) in [6, 6.07) is -0.176. The Labute approximate surface area is 113 Å². The van der Waals surface area contributed by atoms with E-state index < -0.39 is 0 Å². The van der Waals surface area contributed by atoms with Crippen molar-refractivity contribution in [2.45, 2.75) is 58.0 Å². The summed E-state index contributed by atoms with van der Waals surface area (Å²) in [7, 11) is 1.81. The number of hydrogen-bond acceptors (Lipinski definition) is 5. The molecular formula is C13H22N4O2. The lowest BCUT2D eigenvalue weighted by Crippen LogP contribution is -2.53. The Balaban J connectivity index is 2.38. The van der Waals surface area contributed by atoms with Crippen LogP contribution < -0.4 is 10.2 Å². The van der Waals surface area contributed by atoms with Gasteiger partial charge >= 0.3 is 0 Å². The summed E-state index contributed by atoms with van der Waals surface area (Å²) in [4.78, 5) is 18.6. The maximum Gasteiger partial charge on any atom is 0.273 e. The van der Waals surface area contributed by atoms with Crippen LogP contribution in [0.4, 0.5) is 5.95 Å². The Kier molecular flexibility index (Phi) is 3.89. The minimum absolute atomic E-state index is 0.0217. The van der Waals surface area contributed by atoms with E-state index in [9.17, 15) is 4.79 Å². The first kappa shape index (κ1) is 14.0. The molecule has 0 radical (unpaired) electrons. The Bertz CT molecular complexity index is 455. The topological polar surface area (TPSA) is 71.3 Å². The van der Waals surface area contributed by atoms with Gasteiger partial charge in [-0.3, -0.25) is 9.69 Å². The van der Waals surface area contributed by atoms with Crippen LogP contribution in [0.5, 0.6) is 0 Å². The normalized spacial score (nSPS) is 23.5. The van der Waals surface area contributed by atoms with Crippen molar-refractivity contribution in [3.8, 4) is 0 Å². The van der Waals surface area contributed by atoms with Gasteiger partial charge < -0.3 is 9.84 Å². The fourth-order valence-electron chi connectivity index (χ4n) is 2.55. The number of carbonyl (C=O) groups is 1. The Morgan fingerprint density at radius 3 is 2.84 bits per heavy atom. The molecule has 2 heterocycles. The van der Waals surface area contributed by atoms with Crippen LogP contribution in [0.3, 0.4) is 0 Å². The number of nitrogens with zero attached hydrogens (tertiary/aromatic N) is 3. The number of anilines is 1. The molecule has 106 valence electrons. The van der Waals surface area contributed by atoms with E-state index in [0.29, 0.717) is 18.3 Å². The molecule has 0 bridgehead atoms. The summed E-state index contributed by atoms with van der Waals surface area (Å²) < 4.78 is 5.14. The van der Waals surface area contributed by atoms with Crippen molar-refractivity contribution in [1.29, 1.82) is 0 Å². The quantitative estimate of drug-likeness (QED) is 0.898. The van der Waals surface area contributed by atoms with Gasteiger partial charge in [-0.15, -0.1) is 0 Å². The fourth-order valence-corrected chi connectivity index (χ4v) is 2.55. The number of hydrogen-bond donors (Lipinski definition) is 1. The van der Waals surface area contributed by atoms with Crippen LogP contribution in [-0.2, 0) is 11.2 Å². The zero-order valence-corrected chi connectivity index (χ0v) is 12.1. The van der Waals surface area contributed by atoms with E-state index in [1.54, 1.807) is 4.90 Å². The zero-order valence-electron chi connectivity index (χ0n) is 12.1. The number of aryl methyl sites for hydroxylation is 1. The molecule has 2 rings (SSSR count). The van der Waals surface area contributed by atoms with Crippen molar-refractivity contribution < 1.29 is 9.32 Å². The summed E-state index contributed by atoms with van der Waals surface area (Å²) in [6.45, 7) is 6.04. The highest BCUT2D eigenvalue weighted by Crippen LogP contribution is 2.30. The second kappa shape index (κ2) is 5.28. The van der Waals surface area contributed by atoms with Gasteiger partial charge in [0.25, 0.3) is 5.95 Å². The first-order valence-electron chi connectivity index (χ1n) is 6.83. The van der Waals surface area contributed by atoms with Crippen LogP contribution >= 0.6 is 0 Å². The van der Waals surface area contributed by atoms with Gasteiger partial charge in [0.05, 0.1) is 6.04 Å². The van der Waals surface area contributed by atoms with Crippen molar-refractivity contribution in [2.24, 2.45) is 0 Å². The average Bonchev–Trinajstić information content (AvgIpc) is 2.78. The molecule has 0 aromatic carbocycles. The second-order valence-corrected chi connectivity index (χ2v) is 5.56. The lowest BCUT2D eigenvalue weighted by molar-refractivity contribution is -0.121. The SMILES string of the molecule is CCc1nc(N2C(=O)C(NC)CCCC2(C)C)no1. The molecule has 0 saturated carbocycles. The molecule has 1 aliphatic heterocycles. The van der Waals surface area contributed by atoms with Crippen LogP contribution in [-0.4, -0.2) is 34.7 Å². The summed E-state index contributed by atoms with van der Waals surface area (Å²) in [5.74, 6) is 0.964. The smallest absolute Gasteiger partial charge is 0.273 e. The Morgan fingerprint density at radius 1 is 1.53 bits per heavy atom. The molecule has 0 spiro atoms. The third-order valence-corrected chi connectivity index (χ3v) is 3.71. The van der Waals surface area contributed by atoms with Crippen LogP contribution in [0.15, 0.2) is 4.52 Å². The predicted molar refractivity (Wildman–Crippen MR) is 71.9 cm³/mol. The van der Waals surface area contributed by atoms with E-state index in [0.717, 1.165) is 19.3 Å². The van der Waals surface area contributed by atoms with Crippen molar-refractivity contribution in [3.05, 3.63) is 5.89 Å². The van der Waals surface area contributed by atoms with E-state index >= 15 is 0 Å². The zero-order chi connectivity index (χ0) is 14.0. The van der Waals surface area contributed by atoms with Gasteiger partial charge in [0, 0.05) is 12.0 Å². The highest BCUT2D eigenvalue weighted by molar-refractivity contribution is 5.97. The first-order valence-corrected chi connectivity index (χ1v) is 6.83. The maximum absolute atomic E-state index is 12.6. The first-order chi connectivity index (χ1) is 8.99. The minimum atomic E-state index is -0.294. The van der Waals surface area contributed by atoms with Gasteiger partial charge in [-0.1, -0.05) is 6.92 Å². The van der Waals surface area contributed by atoms with Crippen molar-refractivity contribution in [2.75, 3.05) is 11.9 Å². The molecular weight excluding hydrogens is 244 g/mol. The summed E-state index contributed by atoms with van der Waals surface area (Å²) in [5, 5.41) is 7.03. The van der Waals surface area contributed by atoms with E-state index in [1.165, 1.54) is 0 Å². The number of aromatic nitrogens is 2. The maximum atomic E-state index is 12.6. The predicted octanol–water partition coefficient (Wildman–Crippen LogP) is 1.52. The van der Waals surface area contributed by atoms with Crippen molar-refractivity contribution in [1.82, 2.24) is 15.5 Å². The standard InChI is InChI=1S/C13H22N4O2/c1-5-10-15-12(16-19-10)17-11(18)9(14-4)7-6-8-13(17,2)3/h9,14H,5-8H2,1-4H3. The number of nitrogens with one attached hydrogen (secondary N) is 1. The molecule has 6 heteroatoms. The summed E-state index contributed by atoms with van der Waals surface area (Å²) in [6.07, 6.45) is 3.44. The Morgan fingerprint density at radius 2 is 2.26 bits per heavy atom. The molecule has 1 saturated heterocycles. The summed E-state index contributed by atoms with van der Waals surface area (Å²) in [5.41, 5.74) is -0.294. The van der Waals surface area contributed by atoms with E-state index in [4.69, 9.17) is 4.52 Å². The van der Waals surface area contributed by atoms with Crippen molar-refractivity contribution >= 4 is 11.9 Å². The van der Waals surface area contributed by atoms with Gasteiger partial charge in [-0.25, -0.2) is 0 Å². The van der Waals surface area contributed by atoms with Gasteiger partial charge in [-0.2, -0.15) is 4.98 Å². The molecule has 0 aliphatic carbocycles. The van der Waals surface area contributed by atoms with Crippen LogP contribution in [0, 0.1) is 0 Å². The third kappa shape index (κ3) is 2.63. The third-order valence-electron chi connectivity index (χ3n) is 3.71. The number of carbonyl (C=O) groups excluding carboxylic acids is 1. The highest BCUT2D eigenvalue weighted by Gasteiger charge is 2.40. The molecule has 6 nitrogen and oxygen atoms in total. The van der Waals surface area contributed by atoms with E-state index in [2.05, 4.69) is 15.5 Å². The summed E-state index contributed by atoms with van der Waals surface area (Å²) >= 11 is 0. The van der Waals surface area contributed by atoms with Gasteiger partial charge in [-0.05, 0) is 45.3 Å². The highest BCUT2D eigenvalue weighted by atomic mass is 16.5. The minimum Gasteiger partial charge on any atom is -0.337 e. The molecule has 1 amide bonds. The average molecular weight is 266 g/mol. The number of amides is 1. The van der Waals surface area contributed by atoms with Crippen LogP contribution in [0.25, 0.3) is 0 Å². The lowest BCUT2D eigenvalue weighted by Gasteiger charge is -2.35. The molecule has 1 N–H and O–H groups in total. The molecule has 1 aromatic rings. The number of likely N-dealkylation sites (N-methyl/N-ethyl adjacent to an activating group) is 1. The largest absolute Gasteiger partial charge is 0.337 e. The Hall–Kier alpha value is -1.43. The monoisotopic (exact) mass is 266 g/mol. The molecule has 1 fully saturated rings. The number of rotatable bonds is 3. The molecule has 19 heavy (non-hydrogen) atoms. The van der Waals surface area contributed by atoms with Crippen molar-refractivity contribution in [3.63, 3.8) is 0 Å². The second-order valence-electron chi connectivity index (χ2n) is 5.56. The van der Waals surface area contributed by atoms with Gasteiger partial charge in [0.2, 0.25) is 11.8 Å². The van der Waals surface area contributed by atoms with Gasteiger partial charge in [0.1, 0.15) is 0 Å². The van der Waals surface area contributed by atoms with Crippen LogP contribution in [0.2, 0.25) is 0 Å². The molecule has 1 aliphatic rings. The lowest BCUT2D eigenvalue weighted by atomic mass is 9.97. The fraction of sp³-hybridized carbons (Fsp3) is 0.769. The van der Waals surface area contributed by atoms with E-state index in [1.807, 2.05) is 27.8 Å².